The Balaban J connectivity index is 1.45. The standard InChI is InChI=1S/C23H19NO5S/c1-14-12-18(23(26)27-2)22(30-14)24-21(25)20-11-10-16(29-20)13-28-19-9-5-7-15-6-3-4-8-17(15)19/h3-12H,13H2,1-2H3,(H,24,25). The summed E-state index contributed by atoms with van der Waals surface area (Å²) in [6, 6.07) is 18.7. The van der Waals surface area contributed by atoms with Crippen molar-refractivity contribution in [2.45, 2.75) is 13.5 Å². The van der Waals surface area contributed by atoms with Crippen molar-refractivity contribution in [3.05, 3.63) is 82.6 Å². The molecule has 1 N–H and O–H groups in total. The predicted molar refractivity (Wildman–Crippen MR) is 115 cm³/mol. The molecule has 1 amide bonds. The lowest BCUT2D eigenvalue weighted by Crippen LogP contribution is -2.13. The van der Waals surface area contributed by atoms with Gasteiger partial charge in [0.15, 0.2) is 5.76 Å². The Morgan fingerprint density at radius 3 is 2.70 bits per heavy atom. The predicted octanol–water partition coefficient (Wildman–Crippen LogP) is 5.42. The van der Waals surface area contributed by atoms with E-state index in [1.807, 2.05) is 49.4 Å². The van der Waals surface area contributed by atoms with Gasteiger partial charge in [0.05, 0.1) is 12.7 Å². The van der Waals surface area contributed by atoms with Crippen LogP contribution in [0, 0.1) is 6.92 Å². The van der Waals surface area contributed by atoms with Gasteiger partial charge in [0.25, 0.3) is 5.91 Å². The maximum absolute atomic E-state index is 12.6. The molecule has 4 aromatic rings. The molecule has 0 aliphatic carbocycles. The Kier molecular flexibility index (Phi) is 5.54. The van der Waals surface area contributed by atoms with Gasteiger partial charge >= 0.3 is 5.97 Å². The number of aryl methyl sites for hydroxylation is 1. The number of benzene rings is 2. The van der Waals surface area contributed by atoms with Gasteiger partial charge < -0.3 is 19.2 Å². The molecular weight excluding hydrogens is 402 g/mol. The zero-order valence-electron chi connectivity index (χ0n) is 16.4. The summed E-state index contributed by atoms with van der Waals surface area (Å²) in [5.74, 6) is 0.445. The molecule has 0 saturated heterocycles. The number of furan rings is 1. The van der Waals surface area contributed by atoms with E-state index in [2.05, 4.69) is 5.32 Å². The van der Waals surface area contributed by atoms with Crippen molar-refractivity contribution >= 4 is 39.0 Å². The van der Waals surface area contributed by atoms with Crippen molar-refractivity contribution in [2.24, 2.45) is 0 Å². The summed E-state index contributed by atoms with van der Waals surface area (Å²) in [5.41, 5.74) is 0.319. The molecular formula is C23H19NO5S. The van der Waals surface area contributed by atoms with Crippen LogP contribution in [-0.2, 0) is 11.3 Å². The van der Waals surface area contributed by atoms with Gasteiger partial charge in [-0.2, -0.15) is 0 Å². The maximum atomic E-state index is 12.6. The van der Waals surface area contributed by atoms with Crippen molar-refractivity contribution in [2.75, 3.05) is 12.4 Å². The summed E-state index contributed by atoms with van der Waals surface area (Å²) in [4.78, 5) is 25.3. The third kappa shape index (κ3) is 4.06. The molecule has 0 bridgehead atoms. The number of rotatable bonds is 6. The second-order valence-electron chi connectivity index (χ2n) is 6.58. The van der Waals surface area contributed by atoms with E-state index in [1.165, 1.54) is 18.4 Å². The third-order valence-electron chi connectivity index (χ3n) is 4.49. The van der Waals surface area contributed by atoms with Crippen LogP contribution in [0.2, 0.25) is 0 Å². The first kappa shape index (κ1) is 19.7. The Labute approximate surface area is 177 Å². The largest absolute Gasteiger partial charge is 0.485 e. The van der Waals surface area contributed by atoms with E-state index in [4.69, 9.17) is 13.9 Å². The van der Waals surface area contributed by atoms with Crippen LogP contribution in [0.15, 0.2) is 65.1 Å². The Morgan fingerprint density at radius 1 is 1.07 bits per heavy atom. The number of thiophene rings is 1. The number of nitrogens with one attached hydrogen (secondary N) is 1. The van der Waals surface area contributed by atoms with Crippen LogP contribution in [0.3, 0.4) is 0 Å². The molecule has 2 heterocycles. The van der Waals surface area contributed by atoms with Crippen LogP contribution < -0.4 is 10.1 Å². The minimum Gasteiger partial charge on any atom is -0.485 e. The number of anilines is 1. The van der Waals surface area contributed by atoms with E-state index >= 15 is 0 Å². The fraction of sp³-hybridized carbons (Fsp3) is 0.130. The van der Waals surface area contributed by atoms with E-state index < -0.39 is 11.9 Å². The summed E-state index contributed by atoms with van der Waals surface area (Å²) in [5, 5.41) is 5.24. The van der Waals surface area contributed by atoms with Gasteiger partial charge in [-0.1, -0.05) is 36.4 Å². The second-order valence-corrected chi connectivity index (χ2v) is 7.83. The molecule has 152 valence electrons. The molecule has 30 heavy (non-hydrogen) atoms. The smallest absolute Gasteiger partial charge is 0.340 e. The molecule has 7 heteroatoms. The van der Waals surface area contributed by atoms with Crippen LogP contribution in [0.4, 0.5) is 5.00 Å². The first-order valence-electron chi connectivity index (χ1n) is 9.24. The highest BCUT2D eigenvalue weighted by Crippen LogP contribution is 2.29. The fourth-order valence-electron chi connectivity index (χ4n) is 3.08. The zero-order valence-corrected chi connectivity index (χ0v) is 17.2. The molecule has 0 aliphatic rings. The van der Waals surface area contributed by atoms with Crippen molar-refractivity contribution in [1.82, 2.24) is 0 Å². The first-order chi connectivity index (χ1) is 14.5. The second kappa shape index (κ2) is 8.42. The van der Waals surface area contributed by atoms with Gasteiger partial charge in [-0.05, 0) is 36.6 Å². The number of amides is 1. The quantitative estimate of drug-likeness (QED) is 0.421. The summed E-state index contributed by atoms with van der Waals surface area (Å²) < 4.78 is 16.3. The van der Waals surface area contributed by atoms with Gasteiger partial charge in [0.2, 0.25) is 0 Å². The average Bonchev–Trinajstić information content (AvgIpc) is 3.38. The van der Waals surface area contributed by atoms with Crippen LogP contribution in [0.25, 0.3) is 10.8 Å². The van der Waals surface area contributed by atoms with Crippen LogP contribution in [-0.4, -0.2) is 19.0 Å². The Bertz CT molecular complexity index is 1220. The van der Waals surface area contributed by atoms with Crippen molar-refractivity contribution in [3.63, 3.8) is 0 Å². The number of carbonyl (C=O) groups excluding carboxylic acids is 2. The number of ether oxygens (including phenoxy) is 2. The van der Waals surface area contributed by atoms with Crippen molar-refractivity contribution in [1.29, 1.82) is 0 Å². The summed E-state index contributed by atoms with van der Waals surface area (Å²) in [6.45, 7) is 2.04. The third-order valence-corrected chi connectivity index (χ3v) is 5.46. The van der Waals surface area contributed by atoms with Gasteiger partial charge in [-0.15, -0.1) is 11.3 Å². The summed E-state index contributed by atoms with van der Waals surface area (Å²) in [6.07, 6.45) is 0. The van der Waals surface area contributed by atoms with Gasteiger partial charge in [0, 0.05) is 10.3 Å². The van der Waals surface area contributed by atoms with E-state index in [1.54, 1.807) is 18.2 Å². The molecule has 0 atom stereocenters. The highest BCUT2D eigenvalue weighted by molar-refractivity contribution is 7.16. The summed E-state index contributed by atoms with van der Waals surface area (Å²) >= 11 is 1.30. The summed E-state index contributed by atoms with van der Waals surface area (Å²) in [7, 11) is 1.30. The molecule has 2 aromatic carbocycles. The van der Waals surface area contributed by atoms with E-state index in [0.29, 0.717) is 16.3 Å². The minimum absolute atomic E-state index is 0.133. The highest BCUT2D eigenvalue weighted by Gasteiger charge is 2.19. The van der Waals surface area contributed by atoms with Crippen LogP contribution in [0.1, 0.15) is 31.6 Å². The fourth-order valence-corrected chi connectivity index (χ4v) is 3.98. The molecule has 6 nitrogen and oxygen atoms in total. The number of fused-ring (bicyclic) bond motifs is 1. The lowest BCUT2D eigenvalue weighted by molar-refractivity contribution is 0.0602. The Morgan fingerprint density at radius 2 is 1.87 bits per heavy atom. The topological polar surface area (TPSA) is 77.8 Å². The van der Waals surface area contributed by atoms with Crippen molar-refractivity contribution < 1.29 is 23.5 Å². The molecule has 0 spiro atoms. The first-order valence-corrected chi connectivity index (χ1v) is 10.1. The lowest BCUT2D eigenvalue weighted by Gasteiger charge is -2.08. The molecule has 2 aromatic heterocycles. The normalized spacial score (nSPS) is 10.7. The number of hydrogen-bond acceptors (Lipinski definition) is 6. The van der Waals surface area contributed by atoms with Crippen LogP contribution >= 0.6 is 11.3 Å². The maximum Gasteiger partial charge on any atom is 0.340 e. The number of carbonyl (C=O) groups is 2. The van der Waals surface area contributed by atoms with E-state index in [9.17, 15) is 9.59 Å². The number of methoxy groups -OCH3 is 1. The van der Waals surface area contributed by atoms with E-state index in [-0.39, 0.29) is 12.4 Å². The van der Waals surface area contributed by atoms with Gasteiger partial charge in [-0.25, -0.2) is 4.79 Å². The number of esters is 1. The molecule has 0 unspecified atom stereocenters. The van der Waals surface area contributed by atoms with Crippen molar-refractivity contribution in [3.8, 4) is 5.75 Å². The monoisotopic (exact) mass is 421 g/mol. The Hall–Kier alpha value is -3.58. The lowest BCUT2D eigenvalue weighted by atomic mass is 10.1. The zero-order chi connectivity index (χ0) is 21.1. The molecule has 4 rings (SSSR count). The molecule has 0 radical (unpaired) electrons. The van der Waals surface area contributed by atoms with E-state index in [0.717, 1.165) is 21.4 Å². The molecule has 0 fully saturated rings. The molecule has 0 aliphatic heterocycles. The van der Waals surface area contributed by atoms with Gasteiger partial charge in [0.1, 0.15) is 23.1 Å². The SMILES string of the molecule is COC(=O)c1cc(C)sc1NC(=O)c1ccc(COc2cccc3ccccc23)o1. The van der Waals surface area contributed by atoms with Gasteiger partial charge in [-0.3, -0.25) is 4.79 Å². The minimum atomic E-state index is -0.502. The highest BCUT2D eigenvalue weighted by atomic mass is 32.1. The van der Waals surface area contributed by atoms with Crippen LogP contribution in [0.5, 0.6) is 5.75 Å². The molecule has 0 saturated carbocycles. The average molecular weight is 421 g/mol. The number of hydrogen-bond donors (Lipinski definition) is 1.